The van der Waals surface area contributed by atoms with Gasteiger partial charge in [-0.05, 0) is 17.5 Å². The van der Waals surface area contributed by atoms with Crippen LogP contribution in [0.3, 0.4) is 0 Å². The Kier molecular flexibility index (Phi) is 4.64. The lowest BCUT2D eigenvalue weighted by Crippen LogP contribution is -2.42. The number of para-hydroxylation sites is 1. The van der Waals surface area contributed by atoms with E-state index in [0.29, 0.717) is 10.9 Å². The van der Waals surface area contributed by atoms with Gasteiger partial charge in [0.2, 0.25) is 0 Å². The van der Waals surface area contributed by atoms with Crippen molar-refractivity contribution in [2.24, 2.45) is 0 Å². The molecule has 132 valence electrons. The third-order valence-corrected chi connectivity index (χ3v) is 4.04. The quantitative estimate of drug-likeness (QED) is 0.344. The van der Waals surface area contributed by atoms with E-state index in [0.717, 1.165) is 0 Å². The standard InChI is InChI=1S/C16H17N3O6/c20-7-12(22)13(23)11(21)6-19-10-4-2-1-3-8(10)5-9-14(19)17-16(25)18-15(9)24/h1-5,11-13,20-23H,6-7H2,(H,18,24,25)/t11-,12+,13-/m1/s1. The number of aromatic amines is 1. The topological polar surface area (TPSA) is 149 Å². The van der Waals surface area contributed by atoms with E-state index < -0.39 is 36.2 Å². The molecule has 0 fully saturated rings. The summed E-state index contributed by atoms with van der Waals surface area (Å²) < 4.78 is 1.43. The first-order chi connectivity index (χ1) is 11.9. The molecule has 1 aromatic rings. The Morgan fingerprint density at radius 1 is 1.12 bits per heavy atom. The fraction of sp³-hybridized carbons (Fsp3) is 0.312. The lowest BCUT2D eigenvalue weighted by atomic mass is 10.1. The minimum atomic E-state index is -1.61. The molecule has 0 saturated heterocycles. The highest BCUT2D eigenvalue weighted by molar-refractivity contribution is 5.85. The van der Waals surface area contributed by atoms with Gasteiger partial charge in [0.05, 0.1) is 18.7 Å². The van der Waals surface area contributed by atoms with Crippen LogP contribution in [0, 0.1) is 0 Å². The van der Waals surface area contributed by atoms with E-state index in [4.69, 9.17) is 5.11 Å². The number of benzene rings is 1. The first-order valence-electron chi connectivity index (χ1n) is 7.60. The number of aliphatic hydroxyl groups excluding tert-OH is 4. The molecule has 1 aromatic carbocycles. The summed E-state index contributed by atoms with van der Waals surface area (Å²) in [6.07, 6.45) is -4.60. The molecule has 9 heteroatoms. The van der Waals surface area contributed by atoms with Crippen LogP contribution < -0.4 is 11.2 Å². The molecular formula is C16H17N3O6. The average molecular weight is 347 g/mol. The number of nitrogens with zero attached hydrogens (tertiary/aromatic N) is 2. The zero-order valence-electron chi connectivity index (χ0n) is 13.0. The molecule has 0 aliphatic carbocycles. The monoisotopic (exact) mass is 347 g/mol. The summed E-state index contributed by atoms with van der Waals surface area (Å²) in [6.45, 7) is -0.965. The van der Waals surface area contributed by atoms with Gasteiger partial charge in [0.15, 0.2) is 5.82 Å². The normalized spacial score (nSPS) is 15.4. The molecule has 0 bridgehead atoms. The van der Waals surface area contributed by atoms with Gasteiger partial charge in [-0.3, -0.25) is 9.78 Å². The first kappa shape index (κ1) is 17.2. The van der Waals surface area contributed by atoms with Crippen molar-refractivity contribution in [2.45, 2.75) is 24.9 Å². The van der Waals surface area contributed by atoms with E-state index in [9.17, 15) is 24.9 Å². The fourth-order valence-corrected chi connectivity index (χ4v) is 2.76. The van der Waals surface area contributed by atoms with Crippen LogP contribution in [0.1, 0.15) is 0 Å². The maximum atomic E-state index is 12.1. The van der Waals surface area contributed by atoms with Gasteiger partial charge in [-0.2, -0.15) is 4.98 Å². The third kappa shape index (κ3) is 3.17. The number of fused-ring (bicyclic) bond motifs is 2. The van der Waals surface area contributed by atoms with Crippen LogP contribution >= 0.6 is 0 Å². The Morgan fingerprint density at radius 3 is 2.56 bits per heavy atom. The Bertz CT molecular complexity index is 982. The molecule has 2 aliphatic rings. The molecule has 3 rings (SSSR count). The van der Waals surface area contributed by atoms with Crippen LogP contribution in [-0.4, -0.2) is 59.9 Å². The first-order valence-corrected chi connectivity index (χ1v) is 7.60. The van der Waals surface area contributed by atoms with Crippen molar-refractivity contribution in [3.63, 3.8) is 0 Å². The van der Waals surface area contributed by atoms with Crippen molar-refractivity contribution >= 4 is 10.9 Å². The van der Waals surface area contributed by atoms with Gasteiger partial charge in [-0.15, -0.1) is 0 Å². The van der Waals surface area contributed by atoms with Crippen LogP contribution in [0.15, 0.2) is 39.9 Å². The second-order valence-electron chi connectivity index (χ2n) is 5.73. The van der Waals surface area contributed by atoms with Crippen LogP contribution in [0.5, 0.6) is 0 Å². The second kappa shape index (κ2) is 6.73. The molecule has 25 heavy (non-hydrogen) atoms. The zero-order chi connectivity index (χ0) is 18.1. The number of rotatable bonds is 5. The summed E-state index contributed by atoms with van der Waals surface area (Å²) in [5.41, 5.74) is -0.702. The molecule has 2 aliphatic heterocycles. The number of aliphatic hydroxyl groups is 4. The van der Waals surface area contributed by atoms with Crippen LogP contribution in [0.2, 0.25) is 0 Å². The third-order valence-electron chi connectivity index (χ3n) is 4.04. The Labute approximate surface area is 140 Å². The minimum Gasteiger partial charge on any atom is -0.394 e. The van der Waals surface area contributed by atoms with Gasteiger partial charge < -0.3 is 25.0 Å². The van der Waals surface area contributed by atoms with Gasteiger partial charge in [-0.1, -0.05) is 18.2 Å². The van der Waals surface area contributed by atoms with Crippen molar-refractivity contribution < 1.29 is 20.4 Å². The molecule has 3 atom stereocenters. The molecule has 0 radical (unpaired) electrons. The maximum Gasteiger partial charge on any atom is 0.349 e. The molecule has 5 N–H and O–H groups in total. The van der Waals surface area contributed by atoms with E-state index in [1.807, 2.05) is 0 Å². The molecule has 0 spiro atoms. The van der Waals surface area contributed by atoms with Gasteiger partial charge in [0.25, 0.3) is 5.56 Å². The summed E-state index contributed by atoms with van der Waals surface area (Å²) >= 11 is 0. The Balaban J connectivity index is 2.20. The number of hydrogen-bond donors (Lipinski definition) is 5. The van der Waals surface area contributed by atoms with Crippen molar-refractivity contribution in [2.75, 3.05) is 6.61 Å². The SMILES string of the molecule is O=c1nc2n(C[C@@H](O)[C@@H](O)[C@@H](O)CO)c3ccccc3cc-2c(=O)[nH]1. The molecule has 0 saturated carbocycles. The van der Waals surface area contributed by atoms with Crippen molar-refractivity contribution in [1.29, 1.82) is 0 Å². The number of aromatic nitrogens is 3. The molecule has 9 nitrogen and oxygen atoms in total. The van der Waals surface area contributed by atoms with Crippen molar-refractivity contribution in [1.82, 2.24) is 14.5 Å². The lowest BCUT2D eigenvalue weighted by Gasteiger charge is -2.25. The van der Waals surface area contributed by atoms with Crippen LogP contribution in [0.25, 0.3) is 22.3 Å². The summed E-state index contributed by atoms with van der Waals surface area (Å²) in [4.78, 5) is 29.6. The number of nitrogens with one attached hydrogen (secondary N) is 1. The fourth-order valence-electron chi connectivity index (χ4n) is 2.76. The molecular weight excluding hydrogens is 330 g/mol. The highest BCUT2D eigenvalue weighted by atomic mass is 16.4. The van der Waals surface area contributed by atoms with Gasteiger partial charge >= 0.3 is 5.69 Å². The predicted molar refractivity (Wildman–Crippen MR) is 88.4 cm³/mol. The highest BCUT2D eigenvalue weighted by Crippen LogP contribution is 2.24. The second-order valence-corrected chi connectivity index (χ2v) is 5.73. The molecule has 0 amide bonds. The van der Waals surface area contributed by atoms with Gasteiger partial charge in [-0.25, -0.2) is 4.79 Å². The summed E-state index contributed by atoms with van der Waals surface area (Å²) in [5.74, 6) is 0.0530. The molecule has 0 aromatic heterocycles. The minimum absolute atomic E-state index is 0.0530. The largest absolute Gasteiger partial charge is 0.394 e. The van der Waals surface area contributed by atoms with E-state index in [-0.39, 0.29) is 17.9 Å². The zero-order valence-corrected chi connectivity index (χ0v) is 13.0. The van der Waals surface area contributed by atoms with Gasteiger partial charge in [0.1, 0.15) is 18.3 Å². The average Bonchev–Trinajstić information content (AvgIpc) is 2.60. The summed E-state index contributed by atoms with van der Waals surface area (Å²) in [6, 6.07) is 8.55. The number of H-pyrrole nitrogens is 1. The number of pyridine rings is 1. The maximum absolute atomic E-state index is 12.1. The van der Waals surface area contributed by atoms with E-state index in [1.165, 1.54) is 4.57 Å². The van der Waals surface area contributed by atoms with Crippen LogP contribution in [0.4, 0.5) is 0 Å². The van der Waals surface area contributed by atoms with E-state index >= 15 is 0 Å². The number of hydrogen-bond acceptors (Lipinski definition) is 7. The van der Waals surface area contributed by atoms with Crippen molar-refractivity contribution in [3.8, 4) is 11.4 Å². The molecule has 0 unspecified atom stereocenters. The Morgan fingerprint density at radius 2 is 1.84 bits per heavy atom. The predicted octanol–water partition coefficient (Wildman–Crippen LogP) is -1.74. The molecule has 2 heterocycles. The highest BCUT2D eigenvalue weighted by Gasteiger charge is 2.26. The van der Waals surface area contributed by atoms with E-state index in [2.05, 4.69) is 9.97 Å². The Hall–Kier alpha value is -2.59. The summed E-state index contributed by atoms with van der Waals surface area (Å²) in [5, 5.41) is 39.2. The summed E-state index contributed by atoms with van der Waals surface area (Å²) in [7, 11) is 0. The van der Waals surface area contributed by atoms with Crippen molar-refractivity contribution in [3.05, 3.63) is 51.2 Å². The van der Waals surface area contributed by atoms with Gasteiger partial charge in [0, 0.05) is 5.52 Å². The smallest absolute Gasteiger partial charge is 0.349 e. The van der Waals surface area contributed by atoms with Crippen LogP contribution in [-0.2, 0) is 6.54 Å². The lowest BCUT2D eigenvalue weighted by molar-refractivity contribution is -0.0802. The van der Waals surface area contributed by atoms with E-state index in [1.54, 1.807) is 30.3 Å².